The highest BCUT2D eigenvalue weighted by molar-refractivity contribution is 5.90. The van der Waals surface area contributed by atoms with Gasteiger partial charge in [0.15, 0.2) is 0 Å². The monoisotopic (exact) mass is 309 g/mol. The van der Waals surface area contributed by atoms with Gasteiger partial charge in [-0.2, -0.15) is 0 Å². The summed E-state index contributed by atoms with van der Waals surface area (Å²) in [5, 5.41) is 13.4. The lowest BCUT2D eigenvalue weighted by Crippen LogP contribution is -2.27. The maximum Gasteiger partial charge on any atom is 0.412 e. The zero-order chi connectivity index (χ0) is 16.8. The first kappa shape index (κ1) is 17.8. The van der Waals surface area contributed by atoms with Crippen molar-refractivity contribution in [2.75, 3.05) is 17.4 Å². The van der Waals surface area contributed by atoms with Gasteiger partial charge >= 0.3 is 12.1 Å². The molecule has 0 aliphatic carbocycles. The number of amides is 1. The molecule has 2 N–H and O–H groups in total. The van der Waals surface area contributed by atoms with Crippen LogP contribution in [0.15, 0.2) is 18.2 Å². The Labute approximate surface area is 129 Å². The Hall–Kier alpha value is -2.28. The first-order valence-electron chi connectivity index (χ1n) is 6.92. The van der Waals surface area contributed by atoms with E-state index in [-0.39, 0.29) is 23.8 Å². The van der Waals surface area contributed by atoms with E-state index in [2.05, 4.69) is 5.32 Å². The van der Waals surface area contributed by atoms with Crippen LogP contribution in [0.5, 0.6) is 0 Å². The Balaban J connectivity index is 2.87. The Kier molecular flexibility index (Phi) is 6.18. The van der Waals surface area contributed by atoms with Crippen molar-refractivity contribution >= 4 is 23.4 Å². The number of hydrogen-bond acceptors (Lipinski definition) is 6. The van der Waals surface area contributed by atoms with E-state index >= 15 is 0 Å². The molecule has 7 heteroatoms. The minimum atomic E-state index is -0.683. The maximum absolute atomic E-state index is 11.8. The molecule has 7 nitrogen and oxygen atoms in total. The smallest absolute Gasteiger partial charge is 0.412 e. The molecule has 22 heavy (non-hydrogen) atoms. The summed E-state index contributed by atoms with van der Waals surface area (Å²) < 4.78 is 9.99. The van der Waals surface area contributed by atoms with Crippen molar-refractivity contribution in [3.05, 3.63) is 29.0 Å². The normalized spacial score (nSPS) is 10.8. The summed E-state index contributed by atoms with van der Waals surface area (Å²) in [7, 11) is 0. The number of ether oxygens (including phenoxy) is 2. The molecular formula is C15H21N2O5-. The largest absolute Gasteiger partial charge is 0.761 e. The van der Waals surface area contributed by atoms with E-state index < -0.39 is 11.7 Å². The van der Waals surface area contributed by atoms with Gasteiger partial charge in [-0.15, -0.1) is 0 Å². The number of rotatable bonds is 5. The third-order valence-corrected chi connectivity index (χ3v) is 2.48. The van der Waals surface area contributed by atoms with Gasteiger partial charge in [0, 0.05) is 5.69 Å². The molecule has 0 spiro atoms. The highest BCUT2D eigenvalue weighted by atomic mass is 16.6. The molecule has 0 atom stereocenters. The highest BCUT2D eigenvalue weighted by Gasteiger charge is 2.17. The minimum Gasteiger partial charge on any atom is -0.761 e. The Morgan fingerprint density at radius 3 is 2.45 bits per heavy atom. The van der Waals surface area contributed by atoms with Crippen molar-refractivity contribution in [2.24, 2.45) is 0 Å². The molecule has 0 aliphatic rings. The number of esters is 1. The summed E-state index contributed by atoms with van der Waals surface area (Å²) in [5.41, 5.74) is 2.11. The van der Waals surface area contributed by atoms with Gasteiger partial charge in [-0.25, -0.2) is 4.79 Å². The van der Waals surface area contributed by atoms with E-state index in [1.54, 1.807) is 39.2 Å². The topological polar surface area (TPSA) is 99.7 Å². The van der Waals surface area contributed by atoms with Crippen LogP contribution >= 0.6 is 0 Å². The molecule has 0 saturated carbocycles. The summed E-state index contributed by atoms with van der Waals surface area (Å²) in [6, 6.07) is 4.62. The van der Waals surface area contributed by atoms with Gasteiger partial charge < -0.3 is 20.2 Å². The predicted molar refractivity (Wildman–Crippen MR) is 83.6 cm³/mol. The van der Waals surface area contributed by atoms with Gasteiger partial charge in [0.05, 0.1) is 18.7 Å². The Morgan fingerprint density at radius 2 is 1.91 bits per heavy atom. The zero-order valence-electron chi connectivity index (χ0n) is 13.2. The number of hydrogen-bond donors (Lipinski definition) is 2. The van der Waals surface area contributed by atoms with E-state index in [1.807, 2.05) is 0 Å². The SMILES string of the molecule is CCOC(=O)Cc1ccc(N[O-])c(NC(=O)OC(C)(C)C)c1. The van der Waals surface area contributed by atoms with E-state index in [0.29, 0.717) is 12.2 Å². The second-order valence-electron chi connectivity index (χ2n) is 5.59. The quantitative estimate of drug-likeness (QED) is 0.640. The molecule has 0 radical (unpaired) electrons. The number of carbonyl (C=O) groups is 2. The molecule has 0 aliphatic heterocycles. The van der Waals surface area contributed by atoms with Gasteiger partial charge in [-0.3, -0.25) is 10.1 Å². The summed E-state index contributed by atoms with van der Waals surface area (Å²) in [6.07, 6.45) is -0.632. The third-order valence-electron chi connectivity index (χ3n) is 2.48. The molecule has 0 fully saturated rings. The summed E-state index contributed by atoms with van der Waals surface area (Å²) >= 11 is 0. The molecule has 0 heterocycles. The van der Waals surface area contributed by atoms with E-state index in [4.69, 9.17) is 9.47 Å². The Morgan fingerprint density at radius 1 is 1.23 bits per heavy atom. The molecule has 0 aromatic heterocycles. The number of nitrogens with one attached hydrogen (secondary N) is 2. The minimum absolute atomic E-state index is 0.0516. The van der Waals surface area contributed by atoms with Crippen molar-refractivity contribution in [3.63, 3.8) is 0 Å². The van der Waals surface area contributed by atoms with Crippen LogP contribution < -0.4 is 10.8 Å². The lowest BCUT2D eigenvalue weighted by atomic mass is 10.1. The van der Waals surface area contributed by atoms with Crippen molar-refractivity contribution in [1.82, 2.24) is 0 Å². The van der Waals surface area contributed by atoms with Crippen molar-refractivity contribution < 1.29 is 19.1 Å². The van der Waals surface area contributed by atoms with Crippen LogP contribution in [0.3, 0.4) is 0 Å². The van der Waals surface area contributed by atoms with Gasteiger partial charge in [-0.1, -0.05) is 6.07 Å². The fourth-order valence-electron chi connectivity index (χ4n) is 1.69. The zero-order valence-corrected chi connectivity index (χ0v) is 13.2. The van der Waals surface area contributed by atoms with Crippen molar-refractivity contribution in [3.8, 4) is 0 Å². The molecule has 122 valence electrons. The predicted octanol–water partition coefficient (Wildman–Crippen LogP) is 3.05. The fourth-order valence-corrected chi connectivity index (χ4v) is 1.69. The fraction of sp³-hybridized carbons (Fsp3) is 0.467. The molecular weight excluding hydrogens is 288 g/mol. The molecule has 0 bridgehead atoms. The average molecular weight is 309 g/mol. The molecule has 0 unspecified atom stereocenters. The summed E-state index contributed by atoms with van der Waals surface area (Å²) in [6.45, 7) is 7.21. The van der Waals surface area contributed by atoms with Crippen LogP contribution in [-0.2, 0) is 20.7 Å². The lowest BCUT2D eigenvalue weighted by molar-refractivity contribution is -0.142. The first-order valence-corrected chi connectivity index (χ1v) is 6.92. The molecule has 1 amide bonds. The van der Waals surface area contributed by atoms with Crippen LogP contribution in [0.1, 0.15) is 33.3 Å². The van der Waals surface area contributed by atoms with E-state index in [1.165, 1.54) is 12.1 Å². The Bertz CT molecular complexity index is 537. The van der Waals surface area contributed by atoms with Crippen LogP contribution in [0.4, 0.5) is 16.2 Å². The van der Waals surface area contributed by atoms with Gasteiger partial charge in [0.1, 0.15) is 5.60 Å². The van der Waals surface area contributed by atoms with Crippen molar-refractivity contribution in [2.45, 2.75) is 39.7 Å². The maximum atomic E-state index is 11.8. The van der Waals surface area contributed by atoms with Gasteiger partial charge in [-0.05, 0) is 45.4 Å². The standard InChI is InChI=1S/C15H21N2O5/c1-5-21-13(18)9-10-6-7-11(17-20)12(8-10)16-14(19)22-15(2,3)4/h6-8,17H,5,9H2,1-4H3,(H,16,19)/q-1. The second kappa shape index (κ2) is 7.65. The number of benzene rings is 1. The summed E-state index contributed by atoms with van der Waals surface area (Å²) in [5.74, 6) is -0.381. The lowest BCUT2D eigenvalue weighted by Gasteiger charge is -2.21. The number of anilines is 2. The first-order chi connectivity index (χ1) is 10.2. The third kappa shape index (κ3) is 6.01. The van der Waals surface area contributed by atoms with Gasteiger partial charge in [0.2, 0.25) is 0 Å². The highest BCUT2D eigenvalue weighted by Crippen LogP contribution is 2.24. The molecule has 1 aromatic carbocycles. The van der Waals surface area contributed by atoms with E-state index in [0.717, 1.165) is 0 Å². The average Bonchev–Trinajstić information content (AvgIpc) is 2.37. The van der Waals surface area contributed by atoms with Crippen LogP contribution in [-0.4, -0.2) is 24.3 Å². The van der Waals surface area contributed by atoms with Crippen LogP contribution in [0, 0.1) is 5.21 Å². The summed E-state index contributed by atoms with van der Waals surface area (Å²) in [4.78, 5) is 23.3. The van der Waals surface area contributed by atoms with Crippen molar-refractivity contribution in [1.29, 1.82) is 0 Å². The molecule has 1 rings (SSSR count). The second-order valence-corrected chi connectivity index (χ2v) is 5.59. The van der Waals surface area contributed by atoms with Crippen LogP contribution in [0.2, 0.25) is 0 Å². The molecule has 1 aromatic rings. The molecule has 0 saturated heterocycles. The van der Waals surface area contributed by atoms with Crippen LogP contribution in [0.25, 0.3) is 0 Å². The van der Waals surface area contributed by atoms with E-state index in [9.17, 15) is 14.8 Å². The van der Waals surface area contributed by atoms with Gasteiger partial charge in [0.25, 0.3) is 0 Å². The number of carbonyl (C=O) groups excluding carboxylic acids is 2.